The lowest BCUT2D eigenvalue weighted by Crippen LogP contribution is -2.22. The van der Waals surface area contributed by atoms with Crippen LogP contribution in [0.5, 0.6) is 0 Å². The molecule has 0 aliphatic rings. The number of pyridine rings is 1. The largest absolute Gasteiger partial charge is 0.326 e. The Bertz CT molecular complexity index is 781. The van der Waals surface area contributed by atoms with Gasteiger partial charge in [0, 0.05) is 23.8 Å². The van der Waals surface area contributed by atoms with Gasteiger partial charge in [-0.3, -0.25) is 4.98 Å². The SMILES string of the molecule is CC(C)(C)n1c(-c2cccc(CN)c2)nc2cnccc21. The minimum atomic E-state index is -0.0653. The summed E-state index contributed by atoms with van der Waals surface area (Å²) in [6, 6.07) is 10.3. The summed E-state index contributed by atoms with van der Waals surface area (Å²) in [4.78, 5) is 8.97. The molecule has 0 amide bonds. The highest BCUT2D eigenvalue weighted by atomic mass is 15.1. The third-order valence-corrected chi connectivity index (χ3v) is 3.55. The van der Waals surface area contributed by atoms with E-state index in [9.17, 15) is 0 Å². The van der Waals surface area contributed by atoms with Crippen LogP contribution >= 0.6 is 0 Å². The topological polar surface area (TPSA) is 56.7 Å². The van der Waals surface area contributed by atoms with Gasteiger partial charge in [-0.15, -0.1) is 0 Å². The summed E-state index contributed by atoms with van der Waals surface area (Å²) >= 11 is 0. The Morgan fingerprint density at radius 3 is 2.71 bits per heavy atom. The second-order valence-corrected chi connectivity index (χ2v) is 6.21. The molecule has 0 bridgehead atoms. The zero-order chi connectivity index (χ0) is 15.0. The summed E-state index contributed by atoms with van der Waals surface area (Å²) in [6.45, 7) is 7.09. The molecule has 0 atom stereocenters. The van der Waals surface area contributed by atoms with E-state index in [0.717, 1.165) is 28.0 Å². The molecular weight excluding hydrogens is 260 g/mol. The van der Waals surface area contributed by atoms with Crippen LogP contribution in [0.4, 0.5) is 0 Å². The number of hydrogen-bond acceptors (Lipinski definition) is 3. The molecule has 0 saturated heterocycles. The van der Waals surface area contributed by atoms with Crippen LogP contribution in [0.25, 0.3) is 22.4 Å². The van der Waals surface area contributed by atoms with Gasteiger partial charge in [0.1, 0.15) is 11.3 Å². The minimum absolute atomic E-state index is 0.0653. The van der Waals surface area contributed by atoms with Crippen molar-refractivity contribution in [2.24, 2.45) is 5.73 Å². The number of nitrogens with two attached hydrogens (primary N) is 1. The van der Waals surface area contributed by atoms with Gasteiger partial charge in [-0.05, 0) is 38.5 Å². The van der Waals surface area contributed by atoms with Crippen molar-refractivity contribution in [2.45, 2.75) is 32.9 Å². The fourth-order valence-corrected chi connectivity index (χ4v) is 2.64. The van der Waals surface area contributed by atoms with Crippen molar-refractivity contribution in [3.63, 3.8) is 0 Å². The summed E-state index contributed by atoms with van der Waals surface area (Å²) in [5.41, 5.74) is 9.91. The van der Waals surface area contributed by atoms with Gasteiger partial charge in [0.15, 0.2) is 0 Å². The summed E-state index contributed by atoms with van der Waals surface area (Å²) in [7, 11) is 0. The molecule has 3 aromatic rings. The predicted molar refractivity (Wildman–Crippen MR) is 85.9 cm³/mol. The van der Waals surface area contributed by atoms with Crippen LogP contribution in [0.3, 0.4) is 0 Å². The molecule has 108 valence electrons. The van der Waals surface area contributed by atoms with Crippen molar-refractivity contribution in [1.82, 2.24) is 14.5 Å². The van der Waals surface area contributed by atoms with E-state index < -0.39 is 0 Å². The van der Waals surface area contributed by atoms with E-state index in [4.69, 9.17) is 10.7 Å². The van der Waals surface area contributed by atoms with Crippen molar-refractivity contribution in [3.8, 4) is 11.4 Å². The van der Waals surface area contributed by atoms with Crippen LogP contribution in [0.1, 0.15) is 26.3 Å². The molecule has 0 saturated carbocycles. The number of rotatable bonds is 2. The normalized spacial score (nSPS) is 12.0. The van der Waals surface area contributed by atoms with Gasteiger partial charge in [-0.25, -0.2) is 4.98 Å². The van der Waals surface area contributed by atoms with Gasteiger partial charge in [-0.1, -0.05) is 18.2 Å². The predicted octanol–water partition coefficient (Wildman–Crippen LogP) is 3.31. The fourth-order valence-electron chi connectivity index (χ4n) is 2.64. The zero-order valence-corrected chi connectivity index (χ0v) is 12.7. The average Bonchev–Trinajstić information content (AvgIpc) is 2.86. The third-order valence-electron chi connectivity index (χ3n) is 3.55. The summed E-state index contributed by atoms with van der Waals surface area (Å²) < 4.78 is 2.26. The molecule has 0 aliphatic heterocycles. The van der Waals surface area contributed by atoms with Crippen molar-refractivity contribution in [3.05, 3.63) is 48.3 Å². The molecule has 2 aromatic heterocycles. The van der Waals surface area contributed by atoms with Gasteiger partial charge < -0.3 is 10.3 Å². The first-order valence-electron chi connectivity index (χ1n) is 7.13. The number of aromatic nitrogens is 3. The van der Waals surface area contributed by atoms with Crippen LogP contribution in [0, 0.1) is 0 Å². The summed E-state index contributed by atoms with van der Waals surface area (Å²) in [6.07, 6.45) is 3.63. The highest BCUT2D eigenvalue weighted by molar-refractivity contribution is 5.80. The van der Waals surface area contributed by atoms with E-state index >= 15 is 0 Å². The molecular formula is C17H20N4. The molecule has 0 unspecified atom stereocenters. The number of fused-ring (bicyclic) bond motifs is 1. The Morgan fingerprint density at radius 2 is 2.00 bits per heavy atom. The lowest BCUT2D eigenvalue weighted by Gasteiger charge is -2.24. The van der Waals surface area contributed by atoms with Gasteiger partial charge in [0.05, 0.1) is 11.7 Å². The Balaban J connectivity index is 2.31. The van der Waals surface area contributed by atoms with Crippen molar-refractivity contribution < 1.29 is 0 Å². The lowest BCUT2D eigenvalue weighted by molar-refractivity contribution is 0.413. The highest BCUT2D eigenvalue weighted by Crippen LogP contribution is 2.31. The van der Waals surface area contributed by atoms with Crippen LogP contribution in [-0.2, 0) is 12.1 Å². The molecule has 4 nitrogen and oxygen atoms in total. The monoisotopic (exact) mass is 280 g/mol. The molecule has 4 heteroatoms. The lowest BCUT2D eigenvalue weighted by atomic mass is 10.1. The minimum Gasteiger partial charge on any atom is -0.326 e. The van der Waals surface area contributed by atoms with E-state index in [1.807, 2.05) is 30.6 Å². The van der Waals surface area contributed by atoms with Crippen LogP contribution in [0.15, 0.2) is 42.7 Å². The molecule has 2 N–H and O–H groups in total. The summed E-state index contributed by atoms with van der Waals surface area (Å²) in [5.74, 6) is 0.959. The van der Waals surface area contributed by atoms with E-state index in [1.165, 1.54) is 0 Å². The van der Waals surface area contributed by atoms with Gasteiger partial charge >= 0.3 is 0 Å². The van der Waals surface area contributed by atoms with Gasteiger partial charge in [0.25, 0.3) is 0 Å². The van der Waals surface area contributed by atoms with Crippen LogP contribution in [0.2, 0.25) is 0 Å². The highest BCUT2D eigenvalue weighted by Gasteiger charge is 2.22. The second kappa shape index (κ2) is 4.97. The van der Waals surface area contributed by atoms with Gasteiger partial charge in [-0.2, -0.15) is 0 Å². The molecule has 1 aromatic carbocycles. The number of hydrogen-bond donors (Lipinski definition) is 1. The van der Waals surface area contributed by atoms with E-state index in [2.05, 4.69) is 42.5 Å². The maximum Gasteiger partial charge on any atom is 0.141 e. The fraction of sp³-hybridized carbons (Fsp3) is 0.294. The Morgan fingerprint density at radius 1 is 1.19 bits per heavy atom. The molecule has 3 rings (SSSR count). The maximum absolute atomic E-state index is 5.76. The third kappa shape index (κ3) is 2.43. The molecule has 0 radical (unpaired) electrons. The quantitative estimate of drug-likeness (QED) is 0.783. The molecule has 2 heterocycles. The van der Waals surface area contributed by atoms with Crippen molar-refractivity contribution in [1.29, 1.82) is 0 Å². The molecule has 0 spiro atoms. The smallest absolute Gasteiger partial charge is 0.141 e. The standard InChI is InChI=1S/C17H20N4/c1-17(2,3)21-15-7-8-19-11-14(15)20-16(21)13-6-4-5-12(9-13)10-18/h4-9,11H,10,18H2,1-3H3. The maximum atomic E-state index is 5.76. The molecule has 0 fully saturated rings. The van der Waals surface area contributed by atoms with Crippen LogP contribution in [-0.4, -0.2) is 14.5 Å². The van der Waals surface area contributed by atoms with Crippen molar-refractivity contribution in [2.75, 3.05) is 0 Å². The zero-order valence-electron chi connectivity index (χ0n) is 12.7. The van der Waals surface area contributed by atoms with E-state index in [0.29, 0.717) is 6.54 Å². The number of nitrogens with zero attached hydrogens (tertiary/aromatic N) is 3. The van der Waals surface area contributed by atoms with Gasteiger partial charge in [0.2, 0.25) is 0 Å². The number of imidazole rings is 1. The first-order valence-corrected chi connectivity index (χ1v) is 7.13. The van der Waals surface area contributed by atoms with Crippen LogP contribution < -0.4 is 5.73 Å². The molecule has 21 heavy (non-hydrogen) atoms. The van der Waals surface area contributed by atoms with E-state index in [1.54, 1.807) is 0 Å². The first-order chi connectivity index (χ1) is 10.0. The Labute approximate surface area is 124 Å². The molecule has 0 aliphatic carbocycles. The Kier molecular flexibility index (Phi) is 3.26. The second-order valence-electron chi connectivity index (χ2n) is 6.21. The van der Waals surface area contributed by atoms with Crippen molar-refractivity contribution >= 4 is 11.0 Å². The van der Waals surface area contributed by atoms with E-state index in [-0.39, 0.29) is 5.54 Å². The summed E-state index contributed by atoms with van der Waals surface area (Å²) in [5, 5.41) is 0. The first kappa shape index (κ1) is 13.8. The number of benzene rings is 1. The Hall–Kier alpha value is -2.20. The average molecular weight is 280 g/mol.